The fourth-order valence-electron chi connectivity index (χ4n) is 1.52. The van der Waals surface area contributed by atoms with Gasteiger partial charge in [0.2, 0.25) is 0 Å². The molecule has 3 N–H and O–H groups in total. The lowest BCUT2D eigenvalue weighted by Gasteiger charge is -2.08. The lowest BCUT2D eigenvalue weighted by molar-refractivity contribution is 0.127. The van der Waals surface area contributed by atoms with Gasteiger partial charge in [-0.1, -0.05) is 20.3 Å². The van der Waals surface area contributed by atoms with E-state index in [9.17, 15) is 0 Å². The highest BCUT2D eigenvalue weighted by molar-refractivity contribution is 4.53. The predicted octanol–water partition coefficient (Wildman–Crippen LogP) is 2.16. The molecule has 98 valence electrons. The van der Waals surface area contributed by atoms with Gasteiger partial charge >= 0.3 is 0 Å². The normalized spacial score (nSPS) is 12.9. The molecule has 0 aliphatic rings. The zero-order valence-corrected chi connectivity index (χ0v) is 11.1. The van der Waals surface area contributed by atoms with E-state index < -0.39 is 0 Å². The minimum atomic E-state index is 0.665. The molecule has 0 radical (unpaired) electrons. The highest BCUT2D eigenvalue weighted by atomic mass is 16.5. The van der Waals surface area contributed by atoms with Gasteiger partial charge in [-0.3, -0.25) is 0 Å². The third-order valence-electron chi connectivity index (χ3n) is 2.71. The maximum absolute atomic E-state index is 5.56. The molecule has 0 heterocycles. The number of hydrogen-bond acceptors (Lipinski definition) is 3. The molecule has 0 rings (SSSR count). The van der Waals surface area contributed by atoms with E-state index in [2.05, 4.69) is 19.2 Å². The first-order chi connectivity index (χ1) is 7.81. The van der Waals surface area contributed by atoms with E-state index in [-0.39, 0.29) is 0 Å². The van der Waals surface area contributed by atoms with Crippen molar-refractivity contribution in [2.45, 2.75) is 46.0 Å². The Labute approximate surface area is 101 Å². The Balaban J connectivity index is 2.93. The largest absolute Gasteiger partial charge is 0.381 e. The van der Waals surface area contributed by atoms with Crippen molar-refractivity contribution < 1.29 is 4.74 Å². The Morgan fingerprint density at radius 3 is 2.56 bits per heavy atom. The smallest absolute Gasteiger partial charge is 0.0478 e. The van der Waals surface area contributed by atoms with Crippen molar-refractivity contribution in [2.24, 2.45) is 11.7 Å². The van der Waals surface area contributed by atoms with Crippen LogP contribution < -0.4 is 11.1 Å². The zero-order valence-electron chi connectivity index (χ0n) is 11.1. The van der Waals surface area contributed by atoms with Gasteiger partial charge in [-0.2, -0.15) is 0 Å². The second-order valence-electron chi connectivity index (χ2n) is 4.55. The van der Waals surface area contributed by atoms with E-state index in [1.807, 2.05) is 0 Å². The van der Waals surface area contributed by atoms with Crippen LogP contribution in [0.25, 0.3) is 0 Å². The quantitative estimate of drug-likeness (QED) is 0.505. The van der Waals surface area contributed by atoms with Gasteiger partial charge in [0, 0.05) is 13.2 Å². The maximum atomic E-state index is 5.56. The summed E-state index contributed by atoms with van der Waals surface area (Å²) in [6.45, 7) is 9.21. The number of unbranched alkanes of at least 4 members (excludes halogenated alkanes) is 1. The highest BCUT2D eigenvalue weighted by Crippen LogP contribution is 2.05. The van der Waals surface area contributed by atoms with Crippen LogP contribution in [0.4, 0.5) is 0 Å². The van der Waals surface area contributed by atoms with E-state index in [0.717, 1.165) is 39.3 Å². The lowest BCUT2D eigenvalue weighted by atomic mass is 10.1. The van der Waals surface area contributed by atoms with Crippen molar-refractivity contribution in [3.8, 4) is 0 Å². The average Bonchev–Trinajstić information content (AvgIpc) is 2.31. The Kier molecular flexibility index (Phi) is 12.9. The molecule has 0 saturated carbocycles. The minimum Gasteiger partial charge on any atom is -0.381 e. The summed E-state index contributed by atoms with van der Waals surface area (Å²) >= 11 is 0. The van der Waals surface area contributed by atoms with Crippen molar-refractivity contribution in [3.05, 3.63) is 0 Å². The van der Waals surface area contributed by atoms with E-state index in [0.29, 0.717) is 5.92 Å². The molecular formula is C13H30N2O. The van der Waals surface area contributed by atoms with Crippen LogP contribution in [0.2, 0.25) is 0 Å². The third-order valence-corrected chi connectivity index (χ3v) is 2.71. The predicted molar refractivity (Wildman–Crippen MR) is 70.7 cm³/mol. The standard InChI is InChI=1S/C13H30N2O/c1-3-8-15-9-6-11-16-10-5-4-7-13(2)12-14/h13,15H,3-12,14H2,1-2H3. The van der Waals surface area contributed by atoms with Gasteiger partial charge in [-0.25, -0.2) is 0 Å². The second kappa shape index (κ2) is 12.9. The van der Waals surface area contributed by atoms with Crippen LogP contribution in [-0.2, 0) is 4.74 Å². The van der Waals surface area contributed by atoms with Gasteiger partial charge in [0.1, 0.15) is 0 Å². The van der Waals surface area contributed by atoms with Crippen molar-refractivity contribution in [3.63, 3.8) is 0 Å². The molecule has 1 unspecified atom stereocenters. The van der Waals surface area contributed by atoms with E-state index in [1.165, 1.54) is 25.7 Å². The molecule has 1 atom stereocenters. The molecule has 3 heteroatoms. The van der Waals surface area contributed by atoms with Crippen molar-refractivity contribution in [1.82, 2.24) is 5.32 Å². The molecule has 0 aromatic heterocycles. The van der Waals surface area contributed by atoms with Gasteiger partial charge in [-0.15, -0.1) is 0 Å². The number of hydrogen-bond donors (Lipinski definition) is 2. The summed E-state index contributed by atoms with van der Waals surface area (Å²) in [5.41, 5.74) is 5.55. The molecule has 0 aliphatic heterocycles. The van der Waals surface area contributed by atoms with Gasteiger partial charge in [0.15, 0.2) is 0 Å². The summed E-state index contributed by atoms with van der Waals surface area (Å²) in [7, 11) is 0. The molecule has 0 amide bonds. The third kappa shape index (κ3) is 12.0. The summed E-state index contributed by atoms with van der Waals surface area (Å²) in [6, 6.07) is 0. The Bertz CT molecular complexity index is 131. The van der Waals surface area contributed by atoms with E-state index in [1.54, 1.807) is 0 Å². The Morgan fingerprint density at radius 1 is 1.12 bits per heavy atom. The molecule has 0 spiro atoms. The monoisotopic (exact) mass is 230 g/mol. The summed E-state index contributed by atoms with van der Waals surface area (Å²) < 4.78 is 5.56. The van der Waals surface area contributed by atoms with Crippen molar-refractivity contribution in [2.75, 3.05) is 32.8 Å². The minimum absolute atomic E-state index is 0.665. The SMILES string of the molecule is CCCNCCCOCCCCC(C)CN. The molecule has 0 aromatic rings. The van der Waals surface area contributed by atoms with Gasteiger partial charge in [0.05, 0.1) is 0 Å². The molecule has 0 bridgehead atoms. The average molecular weight is 230 g/mol. The van der Waals surface area contributed by atoms with Crippen LogP contribution in [0.5, 0.6) is 0 Å². The first-order valence-corrected chi connectivity index (χ1v) is 6.79. The molecule has 16 heavy (non-hydrogen) atoms. The molecule has 0 saturated heterocycles. The first-order valence-electron chi connectivity index (χ1n) is 6.79. The number of rotatable bonds is 12. The Hall–Kier alpha value is -0.120. The topological polar surface area (TPSA) is 47.3 Å². The summed E-state index contributed by atoms with van der Waals surface area (Å²) in [5.74, 6) is 0.665. The number of ether oxygens (including phenoxy) is 1. The second-order valence-corrected chi connectivity index (χ2v) is 4.55. The molecule has 0 aromatic carbocycles. The van der Waals surface area contributed by atoms with Gasteiger partial charge in [-0.05, 0) is 51.2 Å². The molecule has 0 fully saturated rings. The highest BCUT2D eigenvalue weighted by Gasteiger charge is 1.98. The lowest BCUT2D eigenvalue weighted by Crippen LogP contribution is -2.17. The van der Waals surface area contributed by atoms with Gasteiger partial charge in [0.25, 0.3) is 0 Å². The van der Waals surface area contributed by atoms with Crippen LogP contribution >= 0.6 is 0 Å². The zero-order chi connectivity index (χ0) is 12.1. The Morgan fingerprint density at radius 2 is 1.88 bits per heavy atom. The fourth-order valence-corrected chi connectivity index (χ4v) is 1.52. The van der Waals surface area contributed by atoms with Gasteiger partial charge < -0.3 is 15.8 Å². The summed E-state index contributed by atoms with van der Waals surface area (Å²) in [6.07, 6.45) is 5.98. The number of nitrogens with two attached hydrogens (primary N) is 1. The van der Waals surface area contributed by atoms with Crippen LogP contribution in [0.3, 0.4) is 0 Å². The van der Waals surface area contributed by atoms with Crippen LogP contribution in [0.1, 0.15) is 46.0 Å². The summed E-state index contributed by atoms with van der Waals surface area (Å²) in [5, 5.41) is 3.37. The van der Waals surface area contributed by atoms with Crippen LogP contribution in [0.15, 0.2) is 0 Å². The fraction of sp³-hybridized carbons (Fsp3) is 1.00. The molecule has 3 nitrogen and oxygen atoms in total. The van der Waals surface area contributed by atoms with E-state index in [4.69, 9.17) is 10.5 Å². The van der Waals surface area contributed by atoms with Crippen molar-refractivity contribution in [1.29, 1.82) is 0 Å². The van der Waals surface area contributed by atoms with Crippen LogP contribution in [0, 0.1) is 5.92 Å². The molecule has 0 aliphatic carbocycles. The van der Waals surface area contributed by atoms with E-state index >= 15 is 0 Å². The van der Waals surface area contributed by atoms with Crippen LogP contribution in [-0.4, -0.2) is 32.8 Å². The first kappa shape index (κ1) is 15.9. The maximum Gasteiger partial charge on any atom is 0.0478 e. The molecular weight excluding hydrogens is 200 g/mol. The summed E-state index contributed by atoms with van der Waals surface area (Å²) in [4.78, 5) is 0. The van der Waals surface area contributed by atoms with Crippen molar-refractivity contribution >= 4 is 0 Å². The number of nitrogens with one attached hydrogen (secondary N) is 1.